The van der Waals surface area contributed by atoms with Crippen LogP contribution in [-0.2, 0) is 39.0 Å². The maximum absolute atomic E-state index is 14.5. The fourth-order valence-electron chi connectivity index (χ4n) is 10.7. The summed E-state index contributed by atoms with van der Waals surface area (Å²) in [5.41, 5.74) is 3.88. The number of fused-ring (bicyclic) bond motifs is 3. The van der Waals surface area contributed by atoms with E-state index in [0.29, 0.717) is 36.8 Å². The van der Waals surface area contributed by atoms with Crippen molar-refractivity contribution >= 4 is 29.2 Å². The first-order valence-corrected chi connectivity index (χ1v) is 22.6. The standard InChI is InChI=1S/C50H59ClF3N3O5/c1-33(32-62-44-20-26-56-42-17-9-11-34(2)45(42)44)27-38-28-36-18-19-37(43(58)31-55-25-8-7-14-35-12-5-4-6-13-35)29-41(36)48(38)21-23-49(24-22-48,47(60)61-3)57(46(59)50(52,53)54)40-16-10-15-39(51)30-40/h4-6,10,12-13,15-16,18-20,26,29-30,33-34,38,43,55,58H,7-9,11,14,17,21-25,27-28,31-32H2,1-3H3/t33-,34-,38+,43+,48?,49?/m1/s1. The number of halogens is 4. The SMILES string of the molecule is COC(=O)C1(N(C(=O)C(F)(F)F)c2cccc(Cl)c2)CCC2(CC1)c1cc([C@@H](O)CNCCCCc3ccccc3)ccc1C[C@@H]2C[C@@H](C)COc1ccnc2c1[C@H](C)CCC2. The molecular formula is C50H59ClF3N3O5. The first-order chi connectivity index (χ1) is 29.8. The average Bonchev–Trinajstić information content (AvgIpc) is 3.55. The number of carbonyl (C=O) groups excluding carboxylic acids is 2. The fourth-order valence-corrected chi connectivity index (χ4v) is 10.8. The van der Waals surface area contributed by atoms with Crippen molar-refractivity contribution in [3.05, 3.63) is 124 Å². The number of esters is 1. The molecule has 8 nitrogen and oxygen atoms in total. The van der Waals surface area contributed by atoms with Crippen LogP contribution in [0.2, 0.25) is 5.02 Å². The number of aryl methyl sites for hydroxylation is 2. The number of aliphatic hydroxyl groups is 1. The van der Waals surface area contributed by atoms with Crippen molar-refractivity contribution in [2.45, 2.75) is 120 Å². The van der Waals surface area contributed by atoms with Gasteiger partial charge < -0.3 is 19.9 Å². The minimum Gasteiger partial charge on any atom is -0.493 e. The second kappa shape index (κ2) is 19.5. The van der Waals surface area contributed by atoms with Crippen molar-refractivity contribution in [3.63, 3.8) is 0 Å². The normalized spacial score (nSPS) is 23.0. The second-order valence-corrected chi connectivity index (χ2v) is 18.3. The summed E-state index contributed by atoms with van der Waals surface area (Å²) in [6.45, 7) is 5.99. The van der Waals surface area contributed by atoms with E-state index in [2.05, 4.69) is 48.4 Å². The third kappa shape index (κ3) is 9.70. The van der Waals surface area contributed by atoms with Crippen LogP contribution in [0.5, 0.6) is 5.75 Å². The zero-order valence-electron chi connectivity index (χ0n) is 36.0. The van der Waals surface area contributed by atoms with Crippen LogP contribution in [0, 0.1) is 11.8 Å². The molecule has 1 aromatic heterocycles. The Morgan fingerprint density at radius 3 is 2.52 bits per heavy atom. The number of aromatic nitrogens is 1. The Morgan fingerprint density at radius 2 is 1.79 bits per heavy atom. The van der Waals surface area contributed by atoms with E-state index in [-0.39, 0.29) is 35.4 Å². The number of aliphatic hydroxyl groups excluding tert-OH is 1. The van der Waals surface area contributed by atoms with E-state index in [4.69, 9.17) is 21.1 Å². The Labute approximate surface area is 368 Å². The molecule has 1 amide bonds. The predicted molar refractivity (Wildman–Crippen MR) is 236 cm³/mol. The van der Waals surface area contributed by atoms with Gasteiger partial charge >= 0.3 is 18.1 Å². The summed E-state index contributed by atoms with van der Waals surface area (Å²) in [5.74, 6) is -1.68. The molecule has 0 aliphatic heterocycles. The number of rotatable bonds is 16. The van der Waals surface area contributed by atoms with Crippen molar-refractivity contribution in [2.24, 2.45) is 11.8 Å². The topological polar surface area (TPSA) is 101 Å². The number of hydrogen-bond acceptors (Lipinski definition) is 7. The van der Waals surface area contributed by atoms with Gasteiger partial charge in [0.1, 0.15) is 11.3 Å². The number of carbonyl (C=O) groups is 2. The molecule has 332 valence electrons. The highest BCUT2D eigenvalue weighted by atomic mass is 35.5. The van der Waals surface area contributed by atoms with E-state index >= 15 is 0 Å². The molecule has 4 atom stereocenters. The van der Waals surface area contributed by atoms with Crippen molar-refractivity contribution in [2.75, 3.05) is 31.7 Å². The van der Waals surface area contributed by atoms with Gasteiger partial charge in [0.2, 0.25) is 0 Å². The number of benzene rings is 3. The maximum atomic E-state index is 14.5. The van der Waals surface area contributed by atoms with Crippen molar-refractivity contribution in [1.82, 2.24) is 10.3 Å². The van der Waals surface area contributed by atoms with E-state index in [9.17, 15) is 27.9 Å². The smallest absolute Gasteiger partial charge is 0.471 e. The van der Waals surface area contributed by atoms with Gasteiger partial charge in [0, 0.05) is 34.7 Å². The van der Waals surface area contributed by atoms with Crippen LogP contribution >= 0.6 is 11.6 Å². The number of unbranched alkanes of at least 4 members (excludes halogenated alkanes) is 1. The second-order valence-electron chi connectivity index (χ2n) is 17.9. The zero-order valence-corrected chi connectivity index (χ0v) is 36.7. The lowest BCUT2D eigenvalue weighted by Crippen LogP contribution is -2.63. The third-order valence-corrected chi connectivity index (χ3v) is 14.0. The molecule has 7 rings (SSSR count). The summed E-state index contributed by atoms with van der Waals surface area (Å²) in [6, 6.07) is 24.1. The van der Waals surface area contributed by atoms with Crippen LogP contribution in [0.4, 0.5) is 18.9 Å². The molecule has 62 heavy (non-hydrogen) atoms. The molecule has 0 unspecified atom stereocenters. The molecule has 0 radical (unpaired) electrons. The van der Waals surface area contributed by atoms with Gasteiger partial charge in [0.25, 0.3) is 0 Å². The number of nitrogens with one attached hydrogen (secondary N) is 1. The lowest BCUT2D eigenvalue weighted by atomic mass is 9.59. The highest BCUT2D eigenvalue weighted by Gasteiger charge is 2.60. The first kappa shape index (κ1) is 45.6. The van der Waals surface area contributed by atoms with Gasteiger partial charge in [0.15, 0.2) is 0 Å². The summed E-state index contributed by atoms with van der Waals surface area (Å²) in [7, 11) is 1.14. The highest BCUT2D eigenvalue weighted by Crippen LogP contribution is 2.58. The van der Waals surface area contributed by atoms with Crippen molar-refractivity contribution in [3.8, 4) is 5.75 Å². The number of alkyl halides is 3. The molecule has 1 spiro atoms. The van der Waals surface area contributed by atoms with E-state index in [1.165, 1.54) is 35.4 Å². The van der Waals surface area contributed by atoms with Crippen LogP contribution < -0.4 is 15.0 Å². The monoisotopic (exact) mass is 873 g/mol. The van der Waals surface area contributed by atoms with Gasteiger partial charge in [-0.15, -0.1) is 0 Å². The predicted octanol–water partition coefficient (Wildman–Crippen LogP) is 10.4. The molecule has 1 saturated carbocycles. The van der Waals surface area contributed by atoms with Crippen LogP contribution in [0.1, 0.15) is 117 Å². The first-order valence-electron chi connectivity index (χ1n) is 22.2. The van der Waals surface area contributed by atoms with Gasteiger partial charge in [-0.1, -0.05) is 80.0 Å². The lowest BCUT2D eigenvalue weighted by Gasteiger charge is -2.51. The Morgan fingerprint density at radius 1 is 1.02 bits per heavy atom. The minimum atomic E-state index is -5.27. The highest BCUT2D eigenvalue weighted by molar-refractivity contribution is 6.31. The Balaban J connectivity index is 1.15. The van der Waals surface area contributed by atoms with Gasteiger partial charge in [-0.25, -0.2) is 4.79 Å². The lowest BCUT2D eigenvalue weighted by molar-refractivity contribution is -0.174. The minimum absolute atomic E-state index is 0.0464. The molecule has 1 heterocycles. The number of methoxy groups -OCH3 is 1. The zero-order chi connectivity index (χ0) is 44.1. The molecule has 0 bridgehead atoms. The van der Waals surface area contributed by atoms with Gasteiger partial charge in [0.05, 0.1) is 19.8 Å². The Hall–Kier alpha value is -4.45. The maximum Gasteiger partial charge on any atom is 0.471 e. The van der Waals surface area contributed by atoms with Crippen LogP contribution in [-0.4, -0.2) is 60.5 Å². The van der Waals surface area contributed by atoms with E-state index in [1.807, 2.05) is 36.5 Å². The summed E-state index contributed by atoms with van der Waals surface area (Å²) in [6.07, 6.45) is 3.82. The summed E-state index contributed by atoms with van der Waals surface area (Å²) in [5, 5.41) is 15.1. The average molecular weight is 874 g/mol. The number of nitrogens with zero attached hydrogens (tertiary/aromatic N) is 2. The molecule has 12 heteroatoms. The number of pyridine rings is 1. The molecule has 3 aliphatic rings. The van der Waals surface area contributed by atoms with Crippen molar-refractivity contribution in [1.29, 1.82) is 0 Å². The van der Waals surface area contributed by atoms with Crippen LogP contribution in [0.25, 0.3) is 0 Å². The molecule has 4 aromatic rings. The van der Waals surface area contributed by atoms with E-state index in [0.717, 1.165) is 93.2 Å². The number of anilines is 1. The van der Waals surface area contributed by atoms with Gasteiger partial charge in [-0.3, -0.25) is 14.7 Å². The molecule has 2 N–H and O–H groups in total. The fraction of sp³-hybridized carbons (Fsp3) is 0.500. The summed E-state index contributed by atoms with van der Waals surface area (Å²) >= 11 is 6.28. The summed E-state index contributed by atoms with van der Waals surface area (Å²) in [4.78, 5) is 32.7. The van der Waals surface area contributed by atoms with Gasteiger partial charge in [-0.05, 0) is 153 Å². The number of amides is 1. The quantitative estimate of drug-likeness (QED) is 0.0854. The van der Waals surface area contributed by atoms with E-state index < -0.39 is 35.1 Å². The molecule has 3 aromatic carbocycles. The molecule has 1 fully saturated rings. The number of ether oxygens (including phenoxy) is 2. The van der Waals surface area contributed by atoms with Crippen LogP contribution in [0.15, 0.2) is 85.1 Å². The van der Waals surface area contributed by atoms with E-state index in [1.54, 1.807) is 0 Å². The molecular weight excluding hydrogens is 815 g/mol. The summed E-state index contributed by atoms with van der Waals surface area (Å²) < 4.78 is 55.3. The molecule has 0 saturated heterocycles. The van der Waals surface area contributed by atoms with Crippen molar-refractivity contribution < 1.29 is 37.3 Å². The Kier molecular flexibility index (Phi) is 14.3. The van der Waals surface area contributed by atoms with Gasteiger partial charge in [-0.2, -0.15) is 13.2 Å². The van der Waals surface area contributed by atoms with Crippen LogP contribution in [0.3, 0.4) is 0 Å². The third-order valence-electron chi connectivity index (χ3n) is 13.8. The number of hydrogen-bond donors (Lipinski definition) is 2. The largest absolute Gasteiger partial charge is 0.493 e. The Bertz CT molecular complexity index is 2180. The molecule has 3 aliphatic carbocycles.